The lowest BCUT2D eigenvalue weighted by molar-refractivity contribution is -0.142. The molecule has 0 aromatic rings. The summed E-state index contributed by atoms with van der Waals surface area (Å²) in [5.41, 5.74) is -0.730. The second-order valence-corrected chi connectivity index (χ2v) is 4.69. The van der Waals surface area contributed by atoms with Gasteiger partial charge >= 0.3 is 0 Å². The van der Waals surface area contributed by atoms with Gasteiger partial charge in [-0.15, -0.1) is 0 Å². The number of amides is 1. The van der Waals surface area contributed by atoms with E-state index in [0.29, 0.717) is 26.0 Å². The zero-order chi connectivity index (χ0) is 12.2. The van der Waals surface area contributed by atoms with E-state index < -0.39 is 5.41 Å². The molecular formula is C12H20N2O2. The Kier molecular flexibility index (Phi) is 4.31. The van der Waals surface area contributed by atoms with Crippen LogP contribution in [-0.4, -0.2) is 37.1 Å². The van der Waals surface area contributed by atoms with Crippen LogP contribution in [0.25, 0.3) is 0 Å². The molecule has 1 rings (SSSR count). The summed E-state index contributed by atoms with van der Waals surface area (Å²) in [5, 5.41) is 9.04. The van der Waals surface area contributed by atoms with Gasteiger partial charge in [0.15, 0.2) is 0 Å². The van der Waals surface area contributed by atoms with Gasteiger partial charge in [-0.1, -0.05) is 0 Å². The monoisotopic (exact) mass is 224 g/mol. The minimum absolute atomic E-state index is 0.0476. The summed E-state index contributed by atoms with van der Waals surface area (Å²) in [7, 11) is 1.74. The minimum atomic E-state index is -0.730. The van der Waals surface area contributed by atoms with Gasteiger partial charge in [-0.3, -0.25) is 4.79 Å². The van der Waals surface area contributed by atoms with Crippen molar-refractivity contribution >= 4 is 5.91 Å². The minimum Gasteiger partial charge on any atom is -0.377 e. The molecule has 1 saturated carbocycles. The summed E-state index contributed by atoms with van der Waals surface area (Å²) < 4.78 is 5.38. The number of hydrogen-bond acceptors (Lipinski definition) is 3. The van der Waals surface area contributed by atoms with E-state index in [0.717, 1.165) is 6.42 Å². The van der Waals surface area contributed by atoms with Crippen LogP contribution in [0.3, 0.4) is 0 Å². The van der Waals surface area contributed by atoms with Crippen LogP contribution in [0, 0.1) is 16.7 Å². The summed E-state index contributed by atoms with van der Waals surface area (Å²) in [6.45, 7) is 5.01. The summed E-state index contributed by atoms with van der Waals surface area (Å²) in [5.74, 6) is -0.0476. The molecule has 0 radical (unpaired) electrons. The van der Waals surface area contributed by atoms with Crippen LogP contribution in [0.15, 0.2) is 0 Å². The molecule has 0 saturated heterocycles. The number of hydrogen-bond donors (Lipinski definition) is 0. The number of nitrogens with zero attached hydrogens (tertiary/aromatic N) is 2. The standard InChI is InChI=1S/C12H20N2O2/c1-10(2)16-8-7-14(3)11(15)12(9-13)5-4-6-12/h10H,4-8H2,1-3H3. The van der Waals surface area contributed by atoms with E-state index in [9.17, 15) is 4.79 Å². The van der Waals surface area contributed by atoms with E-state index in [1.165, 1.54) is 0 Å². The predicted molar refractivity (Wildman–Crippen MR) is 60.6 cm³/mol. The highest BCUT2D eigenvalue weighted by Gasteiger charge is 2.45. The Labute approximate surface area is 97.2 Å². The van der Waals surface area contributed by atoms with Crippen molar-refractivity contribution in [3.63, 3.8) is 0 Å². The Morgan fingerprint density at radius 3 is 2.56 bits per heavy atom. The largest absolute Gasteiger partial charge is 0.377 e. The average Bonchev–Trinajstić information content (AvgIpc) is 2.16. The van der Waals surface area contributed by atoms with Crippen molar-refractivity contribution in [1.29, 1.82) is 5.26 Å². The molecule has 4 nitrogen and oxygen atoms in total. The first-order chi connectivity index (χ1) is 7.52. The Morgan fingerprint density at radius 2 is 2.19 bits per heavy atom. The summed E-state index contributed by atoms with van der Waals surface area (Å²) in [6, 6.07) is 2.16. The van der Waals surface area contributed by atoms with Gasteiger partial charge in [-0.25, -0.2) is 0 Å². The van der Waals surface area contributed by atoms with Crippen LogP contribution >= 0.6 is 0 Å². The van der Waals surface area contributed by atoms with Gasteiger partial charge < -0.3 is 9.64 Å². The van der Waals surface area contributed by atoms with Gasteiger partial charge in [0.25, 0.3) is 0 Å². The van der Waals surface area contributed by atoms with E-state index in [1.807, 2.05) is 13.8 Å². The lowest BCUT2D eigenvalue weighted by atomic mass is 9.69. The molecule has 0 aromatic heterocycles. The van der Waals surface area contributed by atoms with E-state index in [4.69, 9.17) is 10.00 Å². The fourth-order valence-electron chi connectivity index (χ4n) is 1.80. The third-order valence-electron chi connectivity index (χ3n) is 3.06. The number of nitriles is 1. The highest BCUT2D eigenvalue weighted by Crippen LogP contribution is 2.41. The van der Waals surface area contributed by atoms with Gasteiger partial charge in [-0.2, -0.15) is 5.26 Å². The number of ether oxygens (including phenoxy) is 1. The van der Waals surface area contributed by atoms with Gasteiger partial charge in [0, 0.05) is 13.6 Å². The predicted octanol–water partition coefficient (Wildman–Crippen LogP) is 1.56. The Bertz CT molecular complexity index is 290. The second-order valence-electron chi connectivity index (χ2n) is 4.69. The first-order valence-electron chi connectivity index (χ1n) is 5.80. The summed E-state index contributed by atoms with van der Waals surface area (Å²) >= 11 is 0. The zero-order valence-electron chi connectivity index (χ0n) is 10.3. The molecular weight excluding hydrogens is 204 g/mol. The van der Waals surface area contributed by atoms with Crippen LogP contribution in [-0.2, 0) is 9.53 Å². The fourth-order valence-corrected chi connectivity index (χ4v) is 1.80. The molecule has 0 heterocycles. The molecule has 1 amide bonds. The van der Waals surface area contributed by atoms with Gasteiger partial charge in [0.2, 0.25) is 5.91 Å². The summed E-state index contributed by atoms with van der Waals surface area (Å²) in [4.78, 5) is 13.6. The van der Waals surface area contributed by atoms with Crippen LogP contribution in [0.2, 0.25) is 0 Å². The molecule has 4 heteroatoms. The van der Waals surface area contributed by atoms with E-state index in [-0.39, 0.29) is 12.0 Å². The van der Waals surface area contributed by atoms with Crippen molar-refractivity contribution in [3.8, 4) is 6.07 Å². The van der Waals surface area contributed by atoms with Gasteiger partial charge in [0.1, 0.15) is 5.41 Å². The van der Waals surface area contributed by atoms with Crippen molar-refractivity contribution in [1.82, 2.24) is 4.90 Å². The first kappa shape index (κ1) is 13.0. The zero-order valence-corrected chi connectivity index (χ0v) is 10.3. The maximum absolute atomic E-state index is 12.0. The SMILES string of the molecule is CC(C)OCCN(C)C(=O)C1(C#N)CCC1. The molecule has 0 atom stereocenters. The third-order valence-corrected chi connectivity index (χ3v) is 3.06. The molecule has 0 spiro atoms. The van der Waals surface area contributed by atoms with Crippen LogP contribution < -0.4 is 0 Å². The molecule has 0 unspecified atom stereocenters. The van der Waals surface area contributed by atoms with Crippen molar-refractivity contribution in [3.05, 3.63) is 0 Å². The first-order valence-corrected chi connectivity index (χ1v) is 5.80. The molecule has 16 heavy (non-hydrogen) atoms. The second kappa shape index (κ2) is 5.31. The molecule has 0 aliphatic heterocycles. The number of likely N-dealkylation sites (N-methyl/N-ethyl adjacent to an activating group) is 1. The van der Waals surface area contributed by atoms with Crippen molar-refractivity contribution in [2.24, 2.45) is 5.41 Å². The Balaban J connectivity index is 2.39. The van der Waals surface area contributed by atoms with Crippen LogP contribution in [0.4, 0.5) is 0 Å². The van der Waals surface area contributed by atoms with Gasteiger partial charge in [0.05, 0.1) is 18.8 Å². The normalized spacial score (nSPS) is 17.7. The van der Waals surface area contributed by atoms with E-state index in [1.54, 1.807) is 11.9 Å². The fraction of sp³-hybridized carbons (Fsp3) is 0.833. The summed E-state index contributed by atoms with van der Waals surface area (Å²) in [6.07, 6.45) is 2.57. The highest BCUT2D eigenvalue weighted by atomic mass is 16.5. The smallest absolute Gasteiger partial charge is 0.242 e. The molecule has 0 N–H and O–H groups in total. The van der Waals surface area contributed by atoms with Crippen molar-refractivity contribution < 1.29 is 9.53 Å². The topological polar surface area (TPSA) is 53.3 Å². The third kappa shape index (κ3) is 2.73. The van der Waals surface area contributed by atoms with E-state index >= 15 is 0 Å². The number of rotatable bonds is 5. The number of carbonyl (C=O) groups excluding carboxylic acids is 1. The van der Waals surface area contributed by atoms with Crippen molar-refractivity contribution in [2.75, 3.05) is 20.2 Å². The van der Waals surface area contributed by atoms with Crippen LogP contribution in [0.1, 0.15) is 33.1 Å². The molecule has 90 valence electrons. The molecule has 1 aliphatic rings. The Hall–Kier alpha value is -1.08. The number of carbonyl (C=O) groups is 1. The molecule has 0 aromatic carbocycles. The average molecular weight is 224 g/mol. The Morgan fingerprint density at radius 1 is 1.56 bits per heavy atom. The molecule has 1 fully saturated rings. The van der Waals surface area contributed by atoms with Crippen LogP contribution in [0.5, 0.6) is 0 Å². The molecule has 1 aliphatic carbocycles. The maximum atomic E-state index is 12.0. The van der Waals surface area contributed by atoms with Gasteiger partial charge in [-0.05, 0) is 33.1 Å². The lowest BCUT2D eigenvalue weighted by Crippen LogP contribution is -2.46. The lowest BCUT2D eigenvalue weighted by Gasteiger charge is -2.36. The quantitative estimate of drug-likeness (QED) is 0.712. The van der Waals surface area contributed by atoms with E-state index in [2.05, 4.69) is 6.07 Å². The van der Waals surface area contributed by atoms with Crippen molar-refractivity contribution in [2.45, 2.75) is 39.2 Å². The highest BCUT2D eigenvalue weighted by molar-refractivity contribution is 5.86. The maximum Gasteiger partial charge on any atom is 0.242 e. The molecule has 0 bridgehead atoms.